The quantitative estimate of drug-likeness (QED) is 0.299. The van der Waals surface area contributed by atoms with Crippen LogP contribution in [0.25, 0.3) is 17.0 Å². The highest BCUT2D eigenvalue weighted by atomic mass is 16.5. The van der Waals surface area contributed by atoms with E-state index in [2.05, 4.69) is 22.1 Å². The average Bonchev–Trinajstić information content (AvgIpc) is 3.26. The van der Waals surface area contributed by atoms with E-state index in [1.54, 1.807) is 38.2 Å². The van der Waals surface area contributed by atoms with Gasteiger partial charge in [0.05, 0.1) is 19.8 Å². The molecule has 0 atom stereocenters. The van der Waals surface area contributed by atoms with E-state index >= 15 is 0 Å². The highest BCUT2D eigenvalue weighted by Gasteiger charge is 2.16. The van der Waals surface area contributed by atoms with E-state index in [1.807, 2.05) is 38.1 Å². The van der Waals surface area contributed by atoms with E-state index in [-0.39, 0.29) is 11.8 Å². The van der Waals surface area contributed by atoms with Gasteiger partial charge in [0.15, 0.2) is 0 Å². The smallest absolute Gasteiger partial charge is 0.337 e. The van der Waals surface area contributed by atoms with Crippen molar-refractivity contribution in [2.75, 3.05) is 34.9 Å². The first-order chi connectivity index (χ1) is 18.2. The minimum atomic E-state index is -0.424. The molecule has 2 aromatic carbocycles. The van der Waals surface area contributed by atoms with Crippen LogP contribution in [0.5, 0.6) is 5.75 Å². The first-order valence-electron chi connectivity index (χ1n) is 12.7. The van der Waals surface area contributed by atoms with Gasteiger partial charge in [-0.05, 0) is 60.4 Å². The molecule has 0 saturated heterocycles. The first-order valence-corrected chi connectivity index (χ1v) is 12.7. The number of fused-ring (bicyclic) bond motifs is 1. The molecular weight excluding hydrogens is 482 g/mol. The summed E-state index contributed by atoms with van der Waals surface area (Å²) in [5.74, 6) is 0.145. The van der Waals surface area contributed by atoms with E-state index < -0.39 is 5.97 Å². The van der Waals surface area contributed by atoms with Crippen LogP contribution < -0.4 is 10.1 Å². The van der Waals surface area contributed by atoms with Crippen LogP contribution in [-0.2, 0) is 27.3 Å². The summed E-state index contributed by atoms with van der Waals surface area (Å²) < 4.78 is 12.5. The molecule has 1 heterocycles. The van der Waals surface area contributed by atoms with Crippen molar-refractivity contribution in [3.8, 4) is 5.75 Å². The summed E-state index contributed by atoms with van der Waals surface area (Å²) in [6.45, 7) is 5.00. The molecule has 0 aliphatic heterocycles. The number of aryl methyl sites for hydroxylation is 1. The summed E-state index contributed by atoms with van der Waals surface area (Å²) in [7, 11) is 6.43. The topological polar surface area (TPSA) is 89.9 Å². The number of hydrogen-bond donors (Lipinski definition) is 1. The maximum atomic E-state index is 12.4. The van der Waals surface area contributed by atoms with Gasteiger partial charge in [-0.15, -0.1) is 0 Å². The largest absolute Gasteiger partial charge is 0.496 e. The van der Waals surface area contributed by atoms with Gasteiger partial charge in [-0.1, -0.05) is 19.1 Å². The van der Waals surface area contributed by atoms with Crippen LogP contribution in [0.1, 0.15) is 53.7 Å². The normalized spacial score (nSPS) is 11.4. The van der Waals surface area contributed by atoms with Gasteiger partial charge >= 0.3 is 5.97 Å². The van der Waals surface area contributed by atoms with Crippen LogP contribution in [-0.4, -0.2) is 62.1 Å². The minimum absolute atomic E-state index is 0.0572. The predicted molar refractivity (Wildman–Crippen MR) is 149 cm³/mol. The summed E-state index contributed by atoms with van der Waals surface area (Å²) in [5.41, 5.74) is 4.93. The fraction of sp³-hybridized carbons (Fsp3) is 0.367. The second kappa shape index (κ2) is 12.9. The van der Waals surface area contributed by atoms with Crippen molar-refractivity contribution in [1.29, 1.82) is 0 Å². The molecule has 3 aromatic rings. The standard InChI is InChI=1S/C30H37N3O5/c1-7-13-31-29(35)20(2)15-21-8-11-26-25(16-21)24(19-33(26)14-12-28(34)32(3)4)17-22-9-10-23(30(36)38-6)18-27(22)37-5/h8-11,15-16,18-19H,7,12-14,17H2,1-6H3,(H,31,35). The fourth-order valence-corrected chi connectivity index (χ4v) is 4.28. The Morgan fingerprint density at radius 2 is 1.82 bits per heavy atom. The Morgan fingerprint density at radius 3 is 2.47 bits per heavy atom. The van der Waals surface area contributed by atoms with E-state index in [0.29, 0.717) is 42.8 Å². The Morgan fingerprint density at radius 1 is 1.05 bits per heavy atom. The van der Waals surface area contributed by atoms with Gasteiger partial charge in [0, 0.05) is 62.7 Å². The number of carbonyl (C=O) groups excluding carboxylic acids is 3. The van der Waals surface area contributed by atoms with E-state index in [9.17, 15) is 14.4 Å². The molecular formula is C30H37N3O5. The van der Waals surface area contributed by atoms with Crippen molar-refractivity contribution in [3.05, 3.63) is 70.4 Å². The van der Waals surface area contributed by atoms with Gasteiger partial charge in [-0.2, -0.15) is 0 Å². The van der Waals surface area contributed by atoms with Crippen LogP contribution >= 0.6 is 0 Å². The molecule has 8 nitrogen and oxygen atoms in total. The number of ether oxygens (including phenoxy) is 2. The molecule has 8 heteroatoms. The zero-order valence-electron chi connectivity index (χ0n) is 23.1. The molecule has 0 spiro atoms. The third-order valence-electron chi connectivity index (χ3n) is 6.42. The zero-order chi connectivity index (χ0) is 27.8. The lowest BCUT2D eigenvalue weighted by Gasteiger charge is -2.11. The third-order valence-corrected chi connectivity index (χ3v) is 6.42. The molecule has 0 unspecified atom stereocenters. The van der Waals surface area contributed by atoms with Gasteiger partial charge < -0.3 is 24.3 Å². The summed E-state index contributed by atoms with van der Waals surface area (Å²) in [5, 5.41) is 3.93. The summed E-state index contributed by atoms with van der Waals surface area (Å²) >= 11 is 0. The van der Waals surface area contributed by atoms with Crippen molar-refractivity contribution in [1.82, 2.24) is 14.8 Å². The zero-order valence-corrected chi connectivity index (χ0v) is 23.1. The molecule has 0 bridgehead atoms. The molecule has 0 aliphatic carbocycles. The Bertz CT molecular complexity index is 1350. The lowest BCUT2D eigenvalue weighted by atomic mass is 10.00. The Kier molecular flexibility index (Phi) is 9.71. The SMILES string of the molecule is CCCNC(=O)C(C)=Cc1ccc2c(c1)c(Cc1ccc(C(=O)OC)cc1OC)cn2CCC(=O)N(C)C. The number of hydrogen-bond acceptors (Lipinski definition) is 5. The van der Waals surface area contributed by atoms with Crippen LogP contribution in [0.2, 0.25) is 0 Å². The van der Waals surface area contributed by atoms with E-state index in [0.717, 1.165) is 34.0 Å². The third kappa shape index (κ3) is 6.82. The van der Waals surface area contributed by atoms with E-state index in [4.69, 9.17) is 9.47 Å². The number of methoxy groups -OCH3 is 2. The highest BCUT2D eigenvalue weighted by Crippen LogP contribution is 2.30. The van der Waals surface area contributed by atoms with Gasteiger partial charge in [0.2, 0.25) is 11.8 Å². The van der Waals surface area contributed by atoms with Crippen molar-refractivity contribution in [2.24, 2.45) is 0 Å². The lowest BCUT2D eigenvalue weighted by Crippen LogP contribution is -2.24. The van der Waals surface area contributed by atoms with Crippen LogP contribution in [0.4, 0.5) is 0 Å². The van der Waals surface area contributed by atoms with Gasteiger partial charge in [-0.25, -0.2) is 4.79 Å². The highest BCUT2D eigenvalue weighted by molar-refractivity contribution is 5.98. The minimum Gasteiger partial charge on any atom is -0.496 e. The second-order valence-electron chi connectivity index (χ2n) is 9.44. The van der Waals surface area contributed by atoms with Crippen LogP contribution in [0.3, 0.4) is 0 Å². The lowest BCUT2D eigenvalue weighted by molar-refractivity contribution is -0.128. The fourth-order valence-electron chi connectivity index (χ4n) is 4.28. The monoisotopic (exact) mass is 519 g/mol. The van der Waals surface area contributed by atoms with Gasteiger partial charge in [-0.3, -0.25) is 9.59 Å². The number of benzene rings is 2. The first kappa shape index (κ1) is 28.5. The van der Waals surface area contributed by atoms with Crippen molar-refractivity contribution in [2.45, 2.75) is 39.7 Å². The molecule has 0 fully saturated rings. The molecule has 0 radical (unpaired) electrons. The maximum Gasteiger partial charge on any atom is 0.337 e. The molecule has 1 aromatic heterocycles. The summed E-state index contributed by atoms with van der Waals surface area (Å²) in [6.07, 6.45) is 5.76. The summed E-state index contributed by atoms with van der Waals surface area (Å²) in [4.78, 5) is 38.2. The number of nitrogens with zero attached hydrogens (tertiary/aromatic N) is 2. The predicted octanol–water partition coefficient (Wildman–Crippen LogP) is 4.44. The Hall–Kier alpha value is -4.07. The number of carbonyl (C=O) groups is 3. The Balaban J connectivity index is 2.03. The molecule has 38 heavy (non-hydrogen) atoms. The number of aromatic nitrogens is 1. The molecule has 3 rings (SSSR count). The van der Waals surface area contributed by atoms with Crippen molar-refractivity contribution in [3.63, 3.8) is 0 Å². The Labute approximate surface area is 224 Å². The van der Waals surface area contributed by atoms with Crippen LogP contribution in [0.15, 0.2) is 48.2 Å². The van der Waals surface area contributed by atoms with Crippen molar-refractivity contribution >= 4 is 34.8 Å². The van der Waals surface area contributed by atoms with Gasteiger partial charge in [0.25, 0.3) is 0 Å². The number of nitrogens with one attached hydrogen (secondary N) is 1. The molecule has 0 saturated carbocycles. The number of amides is 2. The molecule has 202 valence electrons. The summed E-state index contributed by atoms with van der Waals surface area (Å²) in [6, 6.07) is 11.4. The maximum absolute atomic E-state index is 12.4. The van der Waals surface area contributed by atoms with E-state index in [1.165, 1.54) is 7.11 Å². The number of rotatable bonds is 11. The van der Waals surface area contributed by atoms with Crippen LogP contribution in [0, 0.1) is 0 Å². The number of esters is 1. The molecule has 2 amide bonds. The average molecular weight is 520 g/mol. The van der Waals surface area contributed by atoms with Gasteiger partial charge in [0.1, 0.15) is 5.75 Å². The van der Waals surface area contributed by atoms with Crippen molar-refractivity contribution < 1.29 is 23.9 Å². The molecule has 1 N–H and O–H groups in total. The second-order valence-corrected chi connectivity index (χ2v) is 9.44. The molecule has 0 aliphatic rings.